The van der Waals surface area contributed by atoms with Gasteiger partial charge in [-0.2, -0.15) is 0 Å². The minimum absolute atomic E-state index is 0.156. The highest BCUT2D eigenvalue weighted by Gasteiger charge is 2.13. The zero-order valence-electron chi connectivity index (χ0n) is 14.4. The molecule has 0 spiro atoms. The van der Waals surface area contributed by atoms with E-state index in [1.807, 2.05) is 35.7 Å². The average molecular weight is 364 g/mol. The van der Waals surface area contributed by atoms with Gasteiger partial charge in [0, 0.05) is 23.5 Å². The van der Waals surface area contributed by atoms with E-state index in [1.54, 1.807) is 23.7 Å². The van der Waals surface area contributed by atoms with Crippen molar-refractivity contribution in [2.75, 3.05) is 23.3 Å². The number of carbonyl (C=O) groups is 1. The summed E-state index contributed by atoms with van der Waals surface area (Å²) in [4.78, 5) is 24.6. The maximum Gasteiger partial charge on any atom is 0.255 e. The number of rotatable bonds is 4. The monoisotopic (exact) mass is 364 g/mol. The van der Waals surface area contributed by atoms with Crippen molar-refractivity contribution in [1.82, 2.24) is 9.97 Å². The number of benzene rings is 1. The smallest absolute Gasteiger partial charge is 0.255 e. The van der Waals surface area contributed by atoms with Crippen LogP contribution in [0.2, 0.25) is 0 Å². The molecule has 0 unspecified atom stereocenters. The lowest BCUT2D eigenvalue weighted by Crippen LogP contribution is -2.30. The van der Waals surface area contributed by atoms with Gasteiger partial charge in [-0.3, -0.25) is 4.79 Å². The van der Waals surface area contributed by atoms with Crippen molar-refractivity contribution in [2.45, 2.75) is 19.3 Å². The summed E-state index contributed by atoms with van der Waals surface area (Å²) in [6.07, 6.45) is 6.99. The fourth-order valence-electron chi connectivity index (χ4n) is 3.07. The maximum atomic E-state index is 12.4. The van der Waals surface area contributed by atoms with Crippen LogP contribution in [-0.4, -0.2) is 29.0 Å². The number of hydrogen-bond donors (Lipinski definition) is 1. The summed E-state index contributed by atoms with van der Waals surface area (Å²) in [6.45, 7) is 2.00. The molecule has 1 aromatic carbocycles. The molecule has 1 N–H and O–H groups in total. The molecule has 0 bridgehead atoms. The van der Waals surface area contributed by atoms with Crippen LogP contribution in [0.1, 0.15) is 29.6 Å². The largest absolute Gasteiger partial charge is 0.341 e. The van der Waals surface area contributed by atoms with E-state index >= 15 is 0 Å². The Kier molecular flexibility index (Phi) is 4.93. The van der Waals surface area contributed by atoms with Gasteiger partial charge in [0.05, 0.1) is 18.1 Å². The van der Waals surface area contributed by atoms with Crippen LogP contribution in [0.15, 0.2) is 54.2 Å². The lowest BCUT2D eigenvalue weighted by atomic mass is 10.1. The number of anilines is 2. The first kappa shape index (κ1) is 16.7. The van der Waals surface area contributed by atoms with Crippen LogP contribution >= 0.6 is 11.3 Å². The molecule has 26 heavy (non-hydrogen) atoms. The number of carbonyl (C=O) groups excluding carboxylic acids is 1. The quantitative estimate of drug-likeness (QED) is 0.743. The summed E-state index contributed by atoms with van der Waals surface area (Å²) in [5, 5.41) is 4.91. The van der Waals surface area contributed by atoms with E-state index < -0.39 is 0 Å². The Morgan fingerprint density at radius 3 is 2.38 bits per heavy atom. The van der Waals surface area contributed by atoms with Gasteiger partial charge >= 0.3 is 0 Å². The summed E-state index contributed by atoms with van der Waals surface area (Å²) < 4.78 is 0. The second-order valence-electron chi connectivity index (χ2n) is 6.33. The van der Waals surface area contributed by atoms with Gasteiger partial charge in [0.2, 0.25) is 5.95 Å². The minimum atomic E-state index is -0.156. The molecule has 0 radical (unpaired) electrons. The normalized spacial score (nSPS) is 14.2. The SMILES string of the molecule is O=C(Nc1cnc(N2CCCCC2)nc1)c1ccc(-c2cccs2)cc1. The van der Waals surface area contributed by atoms with E-state index in [2.05, 4.69) is 26.3 Å². The summed E-state index contributed by atoms with van der Waals surface area (Å²) in [5.74, 6) is 0.583. The first-order valence-corrected chi connectivity index (χ1v) is 9.70. The number of aromatic nitrogens is 2. The maximum absolute atomic E-state index is 12.4. The molecule has 1 saturated heterocycles. The zero-order valence-corrected chi connectivity index (χ0v) is 15.2. The molecule has 4 rings (SSSR count). The van der Waals surface area contributed by atoms with Gasteiger partial charge in [0.15, 0.2) is 0 Å². The first-order chi connectivity index (χ1) is 12.8. The molecule has 3 heterocycles. The topological polar surface area (TPSA) is 58.1 Å². The zero-order chi connectivity index (χ0) is 17.8. The van der Waals surface area contributed by atoms with Crippen molar-refractivity contribution in [2.24, 2.45) is 0 Å². The van der Waals surface area contributed by atoms with Crippen LogP contribution in [-0.2, 0) is 0 Å². The Balaban J connectivity index is 1.41. The summed E-state index contributed by atoms with van der Waals surface area (Å²) in [7, 11) is 0. The van der Waals surface area contributed by atoms with E-state index in [9.17, 15) is 4.79 Å². The van der Waals surface area contributed by atoms with E-state index in [-0.39, 0.29) is 5.91 Å². The van der Waals surface area contributed by atoms with E-state index in [4.69, 9.17) is 0 Å². The van der Waals surface area contributed by atoms with Crippen molar-refractivity contribution < 1.29 is 4.79 Å². The molecule has 1 aliphatic rings. The molecular formula is C20H20N4OS. The standard InChI is InChI=1S/C20H20N4OS/c25-19(16-8-6-15(7-9-16)18-5-4-12-26-18)23-17-13-21-20(22-14-17)24-10-2-1-3-11-24/h4-9,12-14H,1-3,10-11H2,(H,23,25). The van der Waals surface area contributed by atoms with Gasteiger partial charge in [0.25, 0.3) is 5.91 Å². The molecular weight excluding hydrogens is 344 g/mol. The number of nitrogens with zero attached hydrogens (tertiary/aromatic N) is 3. The van der Waals surface area contributed by atoms with Crippen molar-refractivity contribution in [3.8, 4) is 10.4 Å². The minimum Gasteiger partial charge on any atom is -0.341 e. The Morgan fingerprint density at radius 1 is 1.00 bits per heavy atom. The van der Waals surface area contributed by atoms with Gasteiger partial charge in [0.1, 0.15) is 0 Å². The van der Waals surface area contributed by atoms with Crippen molar-refractivity contribution in [1.29, 1.82) is 0 Å². The Bertz CT molecular complexity index is 854. The molecule has 132 valence electrons. The molecule has 0 atom stereocenters. The Hall–Kier alpha value is -2.73. The molecule has 3 aromatic rings. The summed E-state index contributed by atoms with van der Waals surface area (Å²) >= 11 is 1.68. The van der Waals surface area contributed by atoms with E-state index in [1.165, 1.54) is 24.1 Å². The number of piperidine rings is 1. The van der Waals surface area contributed by atoms with Crippen LogP contribution in [0.25, 0.3) is 10.4 Å². The first-order valence-electron chi connectivity index (χ1n) is 8.82. The van der Waals surface area contributed by atoms with Gasteiger partial charge in [-0.05, 0) is 48.4 Å². The number of thiophene rings is 1. The van der Waals surface area contributed by atoms with E-state index in [0.29, 0.717) is 11.3 Å². The number of hydrogen-bond acceptors (Lipinski definition) is 5. The highest BCUT2D eigenvalue weighted by atomic mass is 32.1. The van der Waals surface area contributed by atoms with Gasteiger partial charge in [-0.15, -0.1) is 11.3 Å². The average Bonchev–Trinajstić information content (AvgIpc) is 3.24. The van der Waals surface area contributed by atoms with Crippen LogP contribution in [0.5, 0.6) is 0 Å². The van der Waals surface area contributed by atoms with Gasteiger partial charge < -0.3 is 10.2 Å². The Morgan fingerprint density at radius 2 is 1.73 bits per heavy atom. The molecule has 0 aliphatic carbocycles. The predicted molar refractivity (Wildman–Crippen MR) is 106 cm³/mol. The lowest BCUT2D eigenvalue weighted by molar-refractivity contribution is 0.102. The van der Waals surface area contributed by atoms with Crippen LogP contribution in [0, 0.1) is 0 Å². The predicted octanol–water partition coefficient (Wildman–Crippen LogP) is 4.45. The highest BCUT2D eigenvalue weighted by molar-refractivity contribution is 7.13. The molecule has 5 nitrogen and oxygen atoms in total. The van der Waals surface area contributed by atoms with Crippen molar-refractivity contribution in [3.63, 3.8) is 0 Å². The third-order valence-corrected chi connectivity index (χ3v) is 5.41. The van der Waals surface area contributed by atoms with Crippen molar-refractivity contribution >= 4 is 28.9 Å². The molecule has 2 aromatic heterocycles. The van der Waals surface area contributed by atoms with Gasteiger partial charge in [-0.1, -0.05) is 18.2 Å². The summed E-state index contributed by atoms with van der Waals surface area (Å²) in [5.41, 5.74) is 2.34. The fourth-order valence-corrected chi connectivity index (χ4v) is 3.81. The molecule has 1 fully saturated rings. The second kappa shape index (κ2) is 7.66. The lowest BCUT2D eigenvalue weighted by Gasteiger charge is -2.26. The van der Waals surface area contributed by atoms with Gasteiger partial charge in [-0.25, -0.2) is 9.97 Å². The number of nitrogens with one attached hydrogen (secondary N) is 1. The third-order valence-electron chi connectivity index (χ3n) is 4.49. The van der Waals surface area contributed by atoms with Crippen LogP contribution in [0.3, 0.4) is 0 Å². The Labute approximate surface area is 156 Å². The molecule has 6 heteroatoms. The summed E-state index contributed by atoms with van der Waals surface area (Å²) in [6, 6.07) is 11.7. The number of amides is 1. The molecule has 1 amide bonds. The van der Waals surface area contributed by atoms with Crippen LogP contribution in [0.4, 0.5) is 11.6 Å². The molecule has 1 aliphatic heterocycles. The fraction of sp³-hybridized carbons (Fsp3) is 0.250. The van der Waals surface area contributed by atoms with Crippen LogP contribution < -0.4 is 10.2 Å². The third kappa shape index (κ3) is 3.75. The van der Waals surface area contributed by atoms with Crippen molar-refractivity contribution in [3.05, 3.63) is 59.7 Å². The molecule has 0 saturated carbocycles. The van der Waals surface area contributed by atoms with E-state index in [0.717, 1.165) is 24.6 Å². The second-order valence-corrected chi connectivity index (χ2v) is 7.28. The highest BCUT2D eigenvalue weighted by Crippen LogP contribution is 2.25.